The summed E-state index contributed by atoms with van der Waals surface area (Å²) in [6.07, 6.45) is 7.78. The maximum atomic E-state index is 5.42. The molecule has 1 atom stereocenters. The van der Waals surface area contributed by atoms with Crippen LogP contribution in [0, 0.1) is 12.8 Å². The number of aromatic nitrogens is 2. The van der Waals surface area contributed by atoms with E-state index in [1.165, 1.54) is 30.5 Å². The lowest BCUT2D eigenvalue weighted by molar-refractivity contribution is 0.417. The van der Waals surface area contributed by atoms with Gasteiger partial charge < -0.3 is 9.73 Å². The Morgan fingerprint density at radius 1 is 1.29 bits per heavy atom. The summed E-state index contributed by atoms with van der Waals surface area (Å²) in [7, 11) is 0. The van der Waals surface area contributed by atoms with Crippen molar-refractivity contribution >= 4 is 0 Å². The molecule has 2 heterocycles. The molecule has 0 amide bonds. The fraction of sp³-hybridized carbons (Fsp3) is 0.529. The number of nitrogens with zero attached hydrogens (tertiary/aromatic N) is 2. The number of rotatable bonds is 4. The van der Waals surface area contributed by atoms with E-state index in [-0.39, 0.29) is 0 Å². The van der Waals surface area contributed by atoms with Crippen LogP contribution in [-0.4, -0.2) is 22.6 Å². The molecule has 2 aliphatic carbocycles. The molecule has 4 nitrogen and oxygen atoms in total. The Labute approximate surface area is 125 Å². The summed E-state index contributed by atoms with van der Waals surface area (Å²) in [6, 6.07) is 4.60. The van der Waals surface area contributed by atoms with Crippen molar-refractivity contribution in [1.82, 2.24) is 15.3 Å². The van der Waals surface area contributed by atoms with Crippen molar-refractivity contribution in [3.8, 4) is 11.6 Å². The Hall–Kier alpha value is -1.68. The zero-order valence-corrected chi connectivity index (χ0v) is 12.4. The molecule has 1 unspecified atom stereocenters. The molecule has 0 spiro atoms. The Balaban J connectivity index is 1.54. The molecule has 2 aromatic rings. The average Bonchev–Trinajstić information content (AvgIpc) is 3.16. The van der Waals surface area contributed by atoms with Crippen LogP contribution in [0.15, 0.2) is 22.8 Å². The van der Waals surface area contributed by atoms with Gasteiger partial charge in [0, 0.05) is 17.4 Å². The average molecular weight is 283 g/mol. The second-order valence-electron chi connectivity index (χ2n) is 6.33. The molecule has 0 radical (unpaired) electrons. The summed E-state index contributed by atoms with van der Waals surface area (Å²) >= 11 is 0. The molecule has 4 heteroatoms. The van der Waals surface area contributed by atoms with Crippen LogP contribution < -0.4 is 5.32 Å². The van der Waals surface area contributed by atoms with Gasteiger partial charge in [-0.3, -0.25) is 0 Å². The molecule has 1 fully saturated rings. The highest BCUT2D eigenvalue weighted by molar-refractivity contribution is 5.48. The van der Waals surface area contributed by atoms with Gasteiger partial charge in [0.25, 0.3) is 0 Å². The van der Waals surface area contributed by atoms with Crippen LogP contribution in [0.5, 0.6) is 0 Å². The minimum Gasteiger partial charge on any atom is -0.461 e. The summed E-state index contributed by atoms with van der Waals surface area (Å²) < 4.78 is 5.42. The molecule has 2 aromatic heterocycles. The van der Waals surface area contributed by atoms with Gasteiger partial charge in [-0.25, -0.2) is 9.97 Å². The Morgan fingerprint density at radius 2 is 2.19 bits per heavy atom. The van der Waals surface area contributed by atoms with E-state index < -0.39 is 0 Å². The second-order valence-corrected chi connectivity index (χ2v) is 6.33. The third-order valence-corrected chi connectivity index (χ3v) is 4.60. The monoisotopic (exact) mass is 283 g/mol. The van der Waals surface area contributed by atoms with E-state index in [1.54, 1.807) is 6.26 Å². The molecule has 2 aliphatic rings. The van der Waals surface area contributed by atoms with Crippen molar-refractivity contribution < 1.29 is 4.42 Å². The standard InChI is InChI=1S/C17H21N3O/c1-11-14-9-12(10-18-13-5-6-13)4-7-15(14)20-17(19-11)16-3-2-8-21-16/h2-3,8,12-13,18H,4-7,9-10H2,1H3. The van der Waals surface area contributed by atoms with Crippen molar-refractivity contribution in [2.24, 2.45) is 5.92 Å². The van der Waals surface area contributed by atoms with Crippen LogP contribution in [0.25, 0.3) is 11.6 Å². The van der Waals surface area contributed by atoms with E-state index >= 15 is 0 Å². The molecule has 1 saturated carbocycles. The normalized spacial score (nSPS) is 21.3. The van der Waals surface area contributed by atoms with Crippen molar-refractivity contribution in [3.63, 3.8) is 0 Å². The Kier molecular flexibility index (Phi) is 3.26. The topological polar surface area (TPSA) is 51.0 Å². The predicted molar refractivity (Wildman–Crippen MR) is 81.0 cm³/mol. The van der Waals surface area contributed by atoms with E-state index in [0.29, 0.717) is 0 Å². The lowest BCUT2D eigenvalue weighted by atomic mass is 9.85. The molecule has 4 rings (SSSR count). The third-order valence-electron chi connectivity index (χ3n) is 4.60. The number of aryl methyl sites for hydroxylation is 2. The summed E-state index contributed by atoms with van der Waals surface area (Å²) in [5.74, 6) is 2.22. The molecule has 0 aromatic carbocycles. The van der Waals surface area contributed by atoms with Crippen molar-refractivity contribution in [2.45, 2.75) is 45.1 Å². The highest BCUT2D eigenvalue weighted by Gasteiger charge is 2.26. The number of hydrogen-bond donors (Lipinski definition) is 1. The minimum atomic E-state index is 0.728. The predicted octanol–water partition coefficient (Wildman–Crippen LogP) is 2.90. The SMILES string of the molecule is Cc1nc(-c2ccco2)nc2c1CC(CNC1CC1)CC2. The highest BCUT2D eigenvalue weighted by Crippen LogP contribution is 2.29. The maximum Gasteiger partial charge on any atom is 0.196 e. The summed E-state index contributed by atoms with van der Waals surface area (Å²) in [5, 5.41) is 3.65. The Bertz CT molecular complexity index is 632. The van der Waals surface area contributed by atoms with Crippen LogP contribution >= 0.6 is 0 Å². The van der Waals surface area contributed by atoms with Gasteiger partial charge in [0.05, 0.1) is 6.26 Å². The smallest absolute Gasteiger partial charge is 0.196 e. The van der Waals surface area contributed by atoms with Gasteiger partial charge >= 0.3 is 0 Å². The van der Waals surface area contributed by atoms with E-state index in [0.717, 1.165) is 48.6 Å². The molecular weight excluding hydrogens is 262 g/mol. The van der Waals surface area contributed by atoms with Crippen molar-refractivity contribution in [3.05, 3.63) is 35.3 Å². The molecule has 0 saturated heterocycles. The quantitative estimate of drug-likeness (QED) is 0.937. The van der Waals surface area contributed by atoms with E-state index in [9.17, 15) is 0 Å². The fourth-order valence-electron chi connectivity index (χ4n) is 3.17. The zero-order chi connectivity index (χ0) is 14.2. The first-order valence-electron chi connectivity index (χ1n) is 7.93. The van der Waals surface area contributed by atoms with Gasteiger partial charge in [-0.15, -0.1) is 0 Å². The minimum absolute atomic E-state index is 0.728. The van der Waals surface area contributed by atoms with Gasteiger partial charge in [0.2, 0.25) is 0 Å². The molecule has 110 valence electrons. The first-order valence-corrected chi connectivity index (χ1v) is 7.93. The van der Waals surface area contributed by atoms with Crippen LogP contribution in [0.3, 0.4) is 0 Å². The van der Waals surface area contributed by atoms with Gasteiger partial charge in [-0.05, 0) is 69.2 Å². The Morgan fingerprint density at radius 3 is 2.95 bits per heavy atom. The highest BCUT2D eigenvalue weighted by atomic mass is 16.3. The van der Waals surface area contributed by atoms with Crippen LogP contribution in [0.1, 0.15) is 36.2 Å². The molecule has 0 bridgehead atoms. The van der Waals surface area contributed by atoms with Crippen molar-refractivity contribution in [1.29, 1.82) is 0 Å². The van der Waals surface area contributed by atoms with Gasteiger partial charge in [0.15, 0.2) is 11.6 Å². The van der Waals surface area contributed by atoms with Crippen molar-refractivity contribution in [2.75, 3.05) is 6.54 Å². The number of hydrogen-bond acceptors (Lipinski definition) is 4. The largest absolute Gasteiger partial charge is 0.461 e. The van der Waals surface area contributed by atoms with Gasteiger partial charge in [-0.1, -0.05) is 0 Å². The third kappa shape index (κ3) is 2.72. The zero-order valence-electron chi connectivity index (χ0n) is 12.4. The van der Waals surface area contributed by atoms with E-state index in [1.807, 2.05) is 12.1 Å². The van der Waals surface area contributed by atoms with Crippen LogP contribution in [0.4, 0.5) is 0 Å². The first kappa shape index (κ1) is 13.0. The first-order chi connectivity index (χ1) is 10.3. The van der Waals surface area contributed by atoms with E-state index in [4.69, 9.17) is 9.40 Å². The molecular formula is C17H21N3O. The molecule has 0 aliphatic heterocycles. The summed E-state index contributed by atoms with van der Waals surface area (Å²) in [4.78, 5) is 9.38. The second kappa shape index (κ2) is 5.26. The lowest BCUT2D eigenvalue weighted by Gasteiger charge is -2.25. The molecule has 21 heavy (non-hydrogen) atoms. The summed E-state index contributed by atoms with van der Waals surface area (Å²) in [6.45, 7) is 3.24. The van der Waals surface area contributed by atoms with Gasteiger partial charge in [-0.2, -0.15) is 0 Å². The van der Waals surface area contributed by atoms with Crippen LogP contribution in [-0.2, 0) is 12.8 Å². The van der Waals surface area contributed by atoms with Gasteiger partial charge in [0.1, 0.15) is 0 Å². The number of fused-ring (bicyclic) bond motifs is 1. The van der Waals surface area contributed by atoms with E-state index in [2.05, 4.69) is 17.2 Å². The maximum absolute atomic E-state index is 5.42. The van der Waals surface area contributed by atoms with Crippen LogP contribution in [0.2, 0.25) is 0 Å². The fourth-order valence-corrected chi connectivity index (χ4v) is 3.17. The number of furan rings is 1. The number of nitrogens with one attached hydrogen (secondary N) is 1. The lowest BCUT2D eigenvalue weighted by Crippen LogP contribution is -2.29. The molecule has 1 N–H and O–H groups in total. The summed E-state index contributed by atoms with van der Waals surface area (Å²) in [5.41, 5.74) is 3.69.